The smallest absolute Gasteiger partial charge is 0.141 e. The topological polar surface area (TPSA) is 26.7 Å². The molecule has 0 radical (unpaired) electrons. The third-order valence-electron chi connectivity index (χ3n) is 4.98. The van der Waals surface area contributed by atoms with E-state index < -0.39 is 5.60 Å². The Balaban J connectivity index is 2.29. The molecule has 146 valence electrons. The van der Waals surface area contributed by atoms with Gasteiger partial charge in [-0.2, -0.15) is 0 Å². The molecule has 0 bridgehead atoms. The quantitative estimate of drug-likeness (QED) is 0.631. The van der Waals surface area contributed by atoms with E-state index in [1.54, 1.807) is 0 Å². The highest BCUT2D eigenvalue weighted by Gasteiger charge is 2.37. The minimum Gasteiger partial charge on any atom is -0.376 e. The first-order valence-electron chi connectivity index (χ1n) is 9.67. The van der Waals surface area contributed by atoms with Gasteiger partial charge in [-0.05, 0) is 56.0 Å². The van der Waals surface area contributed by atoms with Crippen molar-refractivity contribution in [2.75, 3.05) is 28.2 Å². The van der Waals surface area contributed by atoms with Crippen LogP contribution in [-0.4, -0.2) is 43.1 Å². The number of rotatable bonds is 7. The molecule has 0 aliphatic heterocycles. The summed E-state index contributed by atoms with van der Waals surface area (Å²) in [6.45, 7) is 1.53. The number of aliphatic hydroxyl groups is 1. The highest BCUT2D eigenvalue weighted by molar-refractivity contribution is 5.52. The van der Waals surface area contributed by atoms with E-state index in [2.05, 4.69) is 62.3 Å². The van der Waals surface area contributed by atoms with Crippen molar-refractivity contribution >= 4 is 0 Å². The fourth-order valence-electron chi connectivity index (χ4n) is 3.84. The van der Waals surface area contributed by atoms with Crippen LogP contribution in [0, 0.1) is 0 Å². The van der Waals surface area contributed by atoms with E-state index in [-0.39, 0.29) is 0 Å². The summed E-state index contributed by atoms with van der Waals surface area (Å²) >= 11 is 0. The maximum absolute atomic E-state index is 12.4. The van der Waals surface area contributed by atoms with Crippen molar-refractivity contribution in [1.29, 1.82) is 0 Å². The van der Waals surface area contributed by atoms with Crippen molar-refractivity contribution in [3.05, 3.63) is 107 Å². The van der Waals surface area contributed by atoms with Gasteiger partial charge >= 0.3 is 0 Å². The van der Waals surface area contributed by atoms with Gasteiger partial charge in [0.15, 0.2) is 0 Å². The Bertz CT molecular complexity index is 850. The first-order chi connectivity index (χ1) is 13.4. The third kappa shape index (κ3) is 4.17. The summed E-state index contributed by atoms with van der Waals surface area (Å²) in [6, 6.07) is 26.4. The van der Waals surface area contributed by atoms with Crippen LogP contribution in [0.1, 0.15) is 27.8 Å². The van der Waals surface area contributed by atoms with Gasteiger partial charge in [0.2, 0.25) is 0 Å². The molecular weight excluding hydrogens is 344 g/mol. The molecule has 0 fully saturated rings. The summed E-state index contributed by atoms with van der Waals surface area (Å²) in [5.74, 6) is 0. The Kier molecular flexibility index (Phi) is 6.30. The Hall–Kier alpha value is -2.46. The van der Waals surface area contributed by atoms with E-state index in [9.17, 15) is 5.11 Å². The van der Waals surface area contributed by atoms with Crippen LogP contribution in [0.3, 0.4) is 0 Å². The van der Waals surface area contributed by atoms with Crippen LogP contribution in [0.25, 0.3) is 0 Å². The molecule has 0 saturated heterocycles. The molecule has 0 saturated carbocycles. The summed E-state index contributed by atoms with van der Waals surface area (Å²) in [7, 11) is 8.22. The zero-order valence-corrected chi connectivity index (χ0v) is 17.3. The SMILES string of the molecule is CN(C)Cc1ccccc1C(O)(c1ccccc1)c1ccccc1CN(C)C. The molecule has 0 spiro atoms. The Labute approximate surface area is 168 Å². The molecule has 3 nitrogen and oxygen atoms in total. The zero-order valence-electron chi connectivity index (χ0n) is 17.3. The van der Waals surface area contributed by atoms with Gasteiger partial charge in [0.1, 0.15) is 5.60 Å². The molecule has 28 heavy (non-hydrogen) atoms. The van der Waals surface area contributed by atoms with Gasteiger partial charge in [0.25, 0.3) is 0 Å². The lowest BCUT2D eigenvalue weighted by Gasteiger charge is -2.34. The lowest BCUT2D eigenvalue weighted by molar-refractivity contribution is 0.122. The molecule has 0 aliphatic rings. The second-order valence-electron chi connectivity index (χ2n) is 7.87. The molecule has 1 N–H and O–H groups in total. The molecule has 3 aromatic carbocycles. The first-order valence-corrected chi connectivity index (χ1v) is 9.67. The molecule has 0 aromatic heterocycles. The largest absolute Gasteiger partial charge is 0.376 e. The molecule has 0 atom stereocenters. The fraction of sp³-hybridized carbons (Fsp3) is 0.280. The molecule has 0 heterocycles. The van der Waals surface area contributed by atoms with Gasteiger partial charge in [0.05, 0.1) is 0 Å². The number of hydrogen-bond acceptors (Lipinski definition) is 3. The lowest BCUT2D eigenvalue weighted by Crippen LogP contribution is -2.33. The predicted molar refractivity (Wildman–Crippen MR) is 116 cm³/mol. The minimum atomic E-state index is -1.22. The zero-order chi connectivity index (χ0) is 20.1. The standard InChI is InChI=1S/C25H30N2O/c1-26(2)18-20-12-8-10-16-23(20)25(28,22-14-6-5-7-15-22)24-17-11-9-13-21(24)19-27(3)4/h5-17,28H,18-19H2,1-4H3. The van der Waals surface area contributed by atoms with Gasteiger partial charge < -0.3 is 14.9 Å². The second-order valence-corrected chi connectivity index (χ2v) is 7.87. The van der Waals surface area contributed by atoms with E-state index in [1.165, 1.54) is 0 Å². The first kappa shape index (κ1) is 20.3. The summed E-state index contributed by atoms with van der Waals surface area (Å²) in [5.41, 5.74) is 3.77. The molecule has 3 heteroatoms. The molecule has 0 unspecified atom stereocenters. The maximum atomic E-state index is 12.4. The van der Waals surface area contributed by atoms with Crippen LogP contribution in [0.5, 0.6) is 0 Å². The maximum Gasteiger partial charge on any atom is 0.141 e. The highest BCUT2D eigenvalue weighted by Crippen LogP contribution is 2.40. The van der Waals surface area contributed by atoms with E-state index in [4.69, 9.17) is 0 Å². The van der Waals surface area contributed by atoms with Crippen LogP contribution in [-0.2, 0) is 18.7 Å². The van der Waals surface area contributed by atoms with Gasteiger partial charge in [-0.25, -0.2) is 0 Å². The van der Waals surface area contributed by atoms with E-state index in [0.29, 0.717) is 0 Å². The molecule has 0 aliphatic carbocycles. The van der Waals surface area contributed by atoms with Crippen molar-refractivity contribution in [3.8, 4) is 0 Å². The summed E-state index contributed by atoms with van der Waals surface area (Å²) in [5, 5.41) is 12.4. The van der Waals surface area contributed by atoms with Crippen LogP contribution >= 0.6 is 0 Å². The fourth-order valence-corrected chi connectivity index (χ4v) is 3.84. The van der Waals surface area contributed by atoms with Crippen molar-refractivity contribution in [2.45, 2.75) is 18.7 Å². The Morgan fingerprint density at radius 1 is 0.607 bits per heavy atom. The van der Waals surface area contributed by atoms with Crippen LogP contribution in [0.4, 0.5) is 0 Å². The minimum absolute atomic E-state index is 0.765. The van der Waals surface area contributed by atoms with Crippen molar-refractivity contribution in [2.24, 2.45) is 0 Å². The monoisotopic (exact) mass is 374 g/mol. The van der Waals surface area contributed by atoms with E-state index >= 15 is 0 Å². The van der Waals surface area contributed by atoms with Gasteiger partial charge in [-0.3, -0.25) is 0 Å². The van der Waals surface area contributed by atoms with Crippen LogP contribution in [0.15, 0.2) is 78.9 Å². The summed E-state index contributed by atoms with van der Waals surface area (Å²) in [6.07, 6.45) is 0. The van der Waals surface area contributed by atoms with E-state index in [1.807, 2.05) is 54.6 Å². The molecule has 3 aromatic rings. The Morgan fingerprint density at radius 3 is 1.43 bits per heavy atom. The van der Waals surface area contributed by atoms with Gasteiger partial charge in [-0.15, -0.1) is 0 Å². The van der Waals surface area contributed by atoms with Crippen LogP contribution in [0.2, 0.25) is 0 Å². The highest BCUT2D eigenvalue weighted by atomic mass is 16.3. The van der Waals surface area contributed by atoms with Crippen molar-refractivity contribution in [1.82, 2.24) is 9.80 Å². The normalized spacial score (nSPS) is 12.0. The van der Waals surface area contributed by atoms with Gasteiger partial charge in [0, 0.05) is 13.1 Å². The lowest BCUT2D eigenvalue weighted by atomic mass is 9.76. The second kappa shape index (κ2) is 8.70. The molecule has 0 amide bonds. The van der Waals surface area contributed by atoms with Gasteiger partial charge in [-0.1, -0.05) is 78.9 Å². The predicted octanol–water partition coefficient (Wildman–Crippen LogP) is 4.09. The van der Waals surface area contributed by atoms with Crippen molar-refractivity contribution in [3.63, 3.8) is 0 Å². The summed E-state index contributed by atoms with van der Waals surface area (Å²) < 4.78 is 0. The third-order valence-corrected chi connectivity index (χ3v) is 4.98. The number of benzene rings is 3. The van der Waals surface area contributed by atoms with Crippen molar-refractivity contribution < 1.29 is 5.11 Å². The number of hydrogen-bond donors (Lipinski definition) is 1. The molecular formula is C25H30N2O. The average Bonchev–Trinajstić information content (AvgIpc) is 2.68. The van der Waals surface area contributed by atoms with Crippen LogP contribution < -0.4 is 0 Å². The molecule has 3 rings (SSSR count). The number of nitrogens with zero attached hydrogens (tertiary/aromatic N) is 2. The van der Waals surface area contributed by atoms with E-state index in [0.717, 1.165) is 40.9 Å². The summed E-state index contributed by atoms with van der Waals surface area (Å²) in [4.78, 5) is 4.27. The average molecular weight is 375 g/mol. The Morgan fingerprint density at radius 2 is 1.00 bits per heavy atom.